The summed E-state index contributed by atoms with van der Waals surface area (Å²) in [7, 11) is -8.14. The number of benzene rings is 2. The molecule has 0 aromatic heterocycles. The van der Waals surface area contributed by atoms with Crippen molar-refractivity contribution >= 4 is 19.7 Å². The third kappa shape index (κ3) is 9.15. The molecule has 0 aliphatic heterocycles. The van der Waals surface area contributed by atoms with Crippen molar-refractivity contribution in [3.05, 3.63) is 47.5 Å². The molecule has 0 heterocycles. The molecule has 0 saturated carbocycles. The van der Waals surface area contributed by atoms with Gasteiger partial charge in [0.2, 0.25) is 0 Å². The third-order valence-corrected chi connectivity index (χ3v) is 10.5. The highest BCUT2D eigenvalue weighted by Crippen LogP contribution is 2.27. The molecule has 0 saturated heterocycles. The van der Waals surface area contributed by atoms with Crippen LogP contribution in [0.25, 0.3) is 0 Å². The van der Waals surface area contributed by atoms with Gasteiger partial charge in [0.1, 0.15) is 11.5 Å². The Hall–Kier alpha value is -2.06. The van der Waals surface area contributed by atoms with Crippen molar-refractivity contribution < 1.29 is 26.3 Å². The Bertz CT molecular complexity index is 1060. The first-order valence-corrected chi connectivity index (χ1v) is 15.8. The zero-order valence-corrected chi connectivity index (χ0v) is 23.1. The lowest BCUT2D eigenvalue weighted by Crippen LogP contribution is -2.18. The highest BCUT2D eigenvalue weighted by molar-refractivity contribution is 8.08. The van der Waals surface area contributed by atoms with Gasteiger partial charge in [0.15, 0.2) is 24.8 Å². The topological polar surface area (TPSA) is 86.7 Å². The lowest BCUT2D eigenvalue weighted by Gasteiger charge is -2.13. The van der Waals surface area contributed by atoms with Crippen LogP contribution in [-0.4, -0.2) is 35.1 Å². The Morgan fingerprint density at radius 3 is 1.34 bits per heavy atom. The van der Waals surface area contributed by atoms with E-state index in [2.05, 4.69) is 13.8 Å². The summed E-state index contributed by atoms with van der Waals surface area (Å²) in [6.45, 7) is 8.73. The number of aryl methyl sites for hydroxylation is 2. The fourth-order valence-corrected chi connectivity index (χ4v) is 8.19. The molecular formula is C27H40O6S2. The Morgan fingerprint density at radius 1 is 0.600 bits per heavy atom. The number of hydrogen-bond donors (Lipinski definition) is 0. The minimum absolute atomic E-state index is 0.00379. The molecule has 0 radical (unpaired) electrons. The Kier molecular flexibility index (Phi) is 11.6. The molecule has 0 aliphatic rings. The molecule has 0 aliphatic carbocycles. The second-order valence-electron chi connectivity index (χ2n) is 9.02. The summed E-state index contributed by atoms with van der Waals surface area (Å²) < 4.78 is 63.6. The van der Waals surface area contributed by atoms with E-state index >= 15 is 0 Å². The van der Waals surface area contributed by atoms with Gasteiger partial charge in [-0.3, -0.25) is 0 Å². The lowest BCUT2D eigenvalue weighted by molar-refractivity contribution is 0.304. The summed E-state index contributed by atoms with van der Waals surface area (Å²) >= 11 is 0. The summed E-state index contributed by atoms with van der Waals surface area (Å²) in [5.41, 5.74) is 0.935. The first-order chi connectivity index (χ1) is 16.6. The lowest BCUT2D eigenvalue weighted by atomic mass is 10.2. The van der Waals surface area contributed by atoms with Gasteiger partial charge in [-0.05, 0) is 74.2 Å². The maximum atomic E-state index is 13.0. The normalized spacial score (nSPS) is 12.0. The zero-order chi connectivity index (χ0) is 25.9. The summed E-state index contributed by atoms with van der Waals surface area (Å²) in [5, 5.41) is -0.990. The predicted octanol–water partition coefficient (Wildman–Crippen LogP) is 6.43. The molecule has 2 rings (SSSR count). The van der Waals surface area contributed by atoms with E-state index in [1.54, 1.807) is 38.1 Å². The van der Waals surface area contributed by atoms with E-state index in [-0.39, 0.29) is 9.79 Å². The fourth-order valence-electron chi connectivity index (χ4n) is 3.89. The van der Waals surface area contributed by atoms with Gasteiger partial charge in [-0.25, -0.2) is 16.8 Å². The Labute approximate surface area is 211 Å². The molecular weight excluding hydrogens is 484 g/mol. The molecule has 0 bridgehead atoms. The van der Waals surface area contributed by atoms with Crippen molar-refractivity contribution in [3.63, 3.8) is 0 Å². The number of ether oxygens (including phenoxy) is 2. The minimum atomic E-state index is -4.07. The SMILES string of the molecule is CCCCCCOc1ccc(S(=O)(=O)CS(=O)(=O)c2ccc(OCCCCCC)cc2C)c(C)c1. The molecule has 35 heavy (non-hydrogen) atoms. The first kappa shape index (κ1) is 29.2. The molecule has 8 heteroatoms. The predicted molar refractivity (Wildman–Crippen MR) is 141 cm³/mol. The molecule has 0 N–H and O–H groups in total. The second kappa shape index (κ2) is 13.9. The van der Waals surface area contributed by atoms with Crippen molar-refractivity contribution in [2.24, 2.45) is 0 Å². The molecule has 2 aromatic rings. The number of rotatable bonds is 16. The van der Waals surface area contributed by atoms with Crippen LogP contribution < -0.4 is 9.47 Å². The van der Waals surface area contributed by atoms with Crippen molar-refractivity contribution in [1.82, 2.24) is 0 Å². The van der Waals surface area contributed by atoms with Crippen LogP contribution in [0.4, 0.5) is 0 Å². The van der Waals surface area contributed by atoms with Crippen LogP contribution in [0.2, 0.25) is 0 Å². The molecule has 0 amide bonds. The van der Waals surface area contributed by atoms with E-state index in [4.69, 9.17) is 9.47 Å². The number of sulfone groups is 2. The largest absolute Gasteiger partial charge is 0.494 e. The smallest absolute Gasteiger partial charge is 0.193 e. The van der Waals surface area contributed by atoms with Gasteiger partial charge in [0.25, 0.3) is 0 Å². The van der Waals surface area contributed by atoms with Gasteiger partial charge >= 0.3 is 0 Å². The van der Waals surface area contributed by atoms with Gasteiger partial charge < -0.3 is 9.47 Å². The van der Waals surface area contributed by atoms with Crippen LogP contribution in [-0.2, 0) is 19.7 Å². The maximum Gasteiger partial charge on any atom is 0.193 e. The van der Waals surface area contributed by atoms with Crippen LogP contribution >= 0.6 is 0 Å². The van der Waals surface area contributed by atoms with E-state index < -0.39 is 24.8 Å². The summed E-state index contributed by atoms with van der Waals surface area (Å²) in [6.07, 6.45) is 8.65. The van der Waals surface area contributed by atoms with Crippen molar-refractivity contribution in [2.75, 3.05) is 18.3 Å². The van der Waals surface area contributed by atoms with Crippen LogP contribution in [0.15, 0.2) is 46.2 Å². The monoisotopic (exact) mass is 524 g/mol. The third-order valence-electron chi connectivity index (χ3n) is 5.81. The van der Waals surface area contributed by atoms with Crippen molar-refractivity contribution in [1.29, 1.82) is 0 Å². The average Bonchev–Trinajstić information content (AvgIpc) is 2.78. The molecule has 0 atom stereocenters. The molecule has 0 spiro atoms. The summed E-state index contributed by atoms with van der Waals surface area (Å²) in [5.74, 6) is 1.17. The standard InChI is InChI=1S/C27H40O6S2/c1-5-7-9-11-17-32-24-13-15-26(22(3)19-24)34(28,29)21-35(30,31)27-16-14-25(20-23(27)4)33-18-12-10-8-6-2/h13-16,19-20H,5-12,17-18,21H2,1-4H3. The fraction of sp³-hybridized carbons (Fsp3) is 0.556. The Morgan fingerprint density at radius 2 is 1.00 bits per heavy atom. The van der Waals surface area contributed by atoms with Gasteiger partial charge in [-0.15, -0.1) is 0 Å². The van der Waals surface area contributed by atoms with E-state index in [9.17, 15) is 16.8 Å². The minimum Gasteiger partial charge on any atom is -0.494 e. The number of hydrogen-bond acceptors (Lipinski definition) is 6. The second-order valence-corrected chi connectivity index (χ2v) is 13.3. The highest BCUT2D eigenvalue weighted by atomic mass is 32.3. The molecule has 0 unspecified atom stereocenters. The Balaban J connectivity index is 2.08. The summed E-state index contributed by atoms with van der Waals surface area (Å²) in [4.78, 5) is 0.00758. The van der Waals surface area contributed by atoms with Crippen molar-refractivity contribution in [3.8, 4) is 11.5 Å². The molecule has 2 aromatic carbocycles. The van der Waals surface area contributed by atoms with Crippen LogP contribution in [0, 0.1) is 13.8 Å². The van der Waals surface area contributed by atoms with Gasteiger partial charge in [0, 0.05) is 0 Å². The van der Waals surface area contributed by atoms with E-state index in [0.29, 0.717) is 35.8 Å². The van der Waals surface area contributed by atoms with E-state index in [1.165, 1.54) is 12.1 Å². The first-order valence-electron chi connectivity index (χ1n) is 12.5. The average molecular weight is 525 g/mol. The molecule has 0 fully saturated rings. The quantitative estimate of drug-likeness (QED) is 0.235. The van der Waals surface area contributed by atoms with Crippen molar-refractivity contribution in [2.45, 2.75) is 88.9 Å². The maximum absolute atomic E-state index is 13.0. The number of unbranched alkanes of at least 4 members (excludes halogenated alkanes) is 6. The van der Waals surface area contributed by atoms with E-state index in [0.717, 1.165) is 51.4 Å². The summed E-state index contributed by atoms with van der Waals surface area (Å²) in [6, 6.07) is 9.34. The highest BCUT2D eigenvalue weighted by Gasteiger charge is 2.28. The van der Waals surface area contributed by atoms with Crippen LogP contribution in [0.3, 0.4) is 0 Å². The van der Waals surface area contributed by atoms with E-state index in [1.807, 2.05) is 0 Å². The van der Waals surface area contributed by atoms with Gasteiger partial charge in [0.05, 0.1) is 23.0 Å². The zero-order valence-electron chi connectivity index (χ0n) is 21.5. The van der Waals surface area contributed by atoms with Gasteiger partial charge in [-0.2, -0.15) is 0 Å². The van der Waals surface area contributed by atoms with Gasteiger partial charge in [-0.1, -0.05) is 52.4 Å². The molecule has 6 nitrogen and oxygen atoms in total. The van der Waals surface area contributed by atoms with Crippen LogP contribution in [0.1, 0.15) is 76.3 Å². The van der Waals surface area contributed by atoms with Crippen LogP contribution in [0.5, 0.6) is 11.5 Å². The molecule has 196 valence electrons.